The molecule has 2 N–H and O–H groups in total. The van der Waals surface area contributed by atoms with Gasteiger partial charge < -0.3 is 10.6 Å². The average molecular weight is 394 g/mol. The lowest BCUT2D eigenvalue weighted by molar-refractivity contribution is -0.136. The first-order chi connectivity index (χ1) is 12.9. The summed E-state index contributed by atoms with van der Waals surface area (Å²) in [6, 6.07) is 12.6. The molecule has 0 saturated carbocycles. The van der Waals surface area contributed by atoms with Gasteiger partial charge in [-0.25, -0.2) is 0 Å². The standard InChI is InChI=1S/C18H15ClF3N5/c19-13-5-3-4-12(10-13)8-9-23-16-11-24-27-17(26-16)25-15-7-2-1-6-14(15)18(20,21)22/h1-7,10-11H,8-9H2,(H2,23,25,26,27). The van der Waals surface area contributed by atoms with Gasteiger partial charge in [-0.15, -0.1) is 5.10 Å². The number of nitrogens with one attached hydrogen (secondary N) is 2. The van der Waals surface area contributed by atoms with E-state index in [2.05, 4.69) is 25.8 Å². The van der Waals surface area contributed by atoms with E-state index < -0.39 is 11.7 Å². The molecule has 0 fully saturated rings. The number of halogens is 4. The highest BCUT2D eigenvalue weighted by Gasteiger charge is 2.33. The summed E-state index contributed by atoms with van der Waals surface area (Å²) in [4.78, 5) is 4.15. The van der Waals surface area contributed by atoms with Crippen LogP contribution < -0.4 is 10.6 Å². The van der Waals surface area contributed by atoms with Crippen LogP contribution in [-0.2, 0) is 12.6 Å². The number of benzene rings is 2. The maximum absolute atomic E-state index is 13.1. The average Bonchev–Trinajstić information content (AvgIpc) is 2.62. The number of aromatic nitrogens is 3. The van der Waals surface area contributed by atoms with Crippen molar-refractivity contribution in [3.63, 3.8) is 0 Å². The molecule has 0 saturated heterocycles. The van der Waals surface area contributed by atoms with E-state index in [1.807, 2.05) is 18.2 Å². The number of nitrogens with zero attached hydrogens (tertiary/aromatic N) is 3. The molecule has 1 aromatic heterocycles. The van der Waals surface area contributed by atoms with Crippen molar-refractivity contribution in [2.24, 2.45) is 0 Å². The predicted molar refractivity (Wildman–Crippen MR) is 98.2 cm³/mol. The SMILES string of the molecule is FC(F)(F)c1ccccc1Nc1nncc(NCCc2cccc(Cl)c2)n1. The fourth-order valence-corrected chi connectivity index (χ4v) is 2.64. The fourth-order valence-electron chi connectivity index (χ4n) is 2.43. The Morgan fingerprint density at radius 1 is 1.04 bits per heavy atom. The molecule has 0 aliphatic carbocycles. The molecule has 3 rings (SSSR count). The van der Waals surface area contributed by atoms with Gasteiger partial charge in [-0.2, -0.15) is 23.3 Å². The molecule has 27 heavy (non-hydrogen) atoms. The van der Waals surface area contributed by atoms with Gasteiger partial charge in [0.1, 0.15) is 0 Å². The Hall–Kier alpha value is -2.87. The van der Waals surface area contributed by atoms with Crippen LogP contribution in [0.25, 0.3) is 0 Å². The lowest BCUT2D eigenvalue weighted by atomic mass is 10.1. The molecule has 1 heterocycles. The van der Waals surface area contributed by atoms with E-state index in [1.165, 1.54) is 24.4 Å². The van der Waals surface area contributed by atoms with Gasteiger partial charge in [-0.05, 0) is 36.2 Å². The van der Waals surface area contributed by atoms with Crippen molar-refractivity contribution in [2.75, 3.05) is 17.2 Å². The van der Waals surface area contributed by atoms with E-state index in [1.54, 1.807) is 6.07 Å². The summed E-state index contributed by atoms with van der Waals surface area (Å²) in [5, 5.41) is 13.8. The summed E-state index contributed by atoms with van der Waals surface area (Å²) in [6.07, 6.45) is -2.38. The van der Waals surface area contributed by atoms with Crippen molar-refractivity contribution < 1.29 is 13.2 Å². The van der Waals surface area contributed by atoms with Gasteiger partial charge >= 0.3 is 6.18 Å². The van der Waals surface area contributed by atoms with Crippen LogP contribution in [0.15, 0.2) is 54.7 Å². The molecule has 5 nitrogen and oxygen atoms in total. The van der Waals surface area contributed by atoms with Gasteiger partial charge in [0.15, 0.2) is 5.82 Å². The normalized spacial score (nSPS) is 11.3. The topological polar surface area (TPSA) is 62.7 Å². The van der Waals surface area contributed by atoms with Crippen LogP contribution in [0.4, 0.5) is 30.6 Å². The molecule has 140 valence electrons. The zero-order chi connectivity index (χ0) is 19.3. The second kappa shape index (κ2) is 8.22. The highest BCUT2D eigenvalue weighted by Crippen LogP contribution is 2.35. The predicted octanol–water partition coefficient (Wildman–Crippen LogP) is 4.94. The first-order valence-corrected chi connectivity index (χ1v) is 8.41. The van der Waals surface area contributed by atoms with Crippen molar-refractivity contribution >= 4 is 29.1 Å². The summed E-state index contributed by atoms with van der Waals surface area (Å²) in [6.45, 7) is 0.553. The van der Waals surface area contributed by atoms with Gasteiger partial charge in [0.05, 0.1) is 17.4 Å². The molecule has 0 radical (unpaired) electrons. The number of hydrogen-bond acceptors (Lipinski definition) is 5. The third-order valence-electron chi connectivity index (χ3n) is 3.65. The zero-order valence-corrected chi connectivity index (χ0v) is 14.7. The van der Waals surface area contributed by atoms with Gasteiger partial charge in [0, 0.05) is 11.6 Å². The summed E-state index contributed by atoms with van der Waals surface area (Å²) >= 11 is 5.94. The van der Waals surface area contributed by atoms with Crippen molar-refractivity contribution in [2.45, 2.75) is 12.6 Å². The van der Waals surface area contributed by atoms with Crippen molar-refractivity contribution in [3.05, 3.63) is 70.9 Å². The molecule has 0 spiro atoms. The van der Waals surface area contributed by atoms with Gasteiger partial charge in [-0.1, -0.05) is 35.9 Å². The van der Waals surface area contributed by atoms with E-state index in [-0.39, 0.29) is 11.6 Å². The Balaban J connectivity index is 1.66. The van der Waals surface area contributed by atoms with Crippen LogP contribution in [0.2, 0.25) is 5.02 Å². The van der Waals surface area contributed by atoms with Gasteiger partial charge in [0.2, 0.25) is 5.95 Å². The lowest BCUT2D eigenvalue weighted by Gasteiger charge is -2.13. The number of rotatable bonds is 6. The van der Waals surface area contributed by atoms with Crippen LogP contribution in [0.1, 0.15) is 11.1 Å². The molecular formula is C18H15ClF3N5. The molecule has 2 aromatic carbocycles. The lowest BCUT2D eigenvalue weighted by Crippen LogP contribution is -2.11. The second-order valence-electron chi connectivity index (χ2n) is 5.64. The van der Waals surface area contributed by atoms with E-state index in [9.17, 15) is 13.2 Å². The van der Waals surface area contributed by atoms with E-state index in [0.29, 0.717) is 23.8 Å². The molecule has 3 aromatic rings. The smallest absolute Gasteiger partial charge is 0.368 e. The van der Waals surface area contributed by atoms with Crippen molar-refractivity contribution in [3.8, 4) is 0 Å². The van der Waals surface area contributed by atoms with Crippen molar-refractivity contribution in [1.82, 2.24) is 15.2 Å². The third kappa shape index (κ3) is 5.30. The minimum Gasteiger partial charge on any atom is -0.368 e. The minimum atomic E-state index is -4.48. The van der Waals surface area contributed by atoms with Gasteiger partial charge in [0.25, 0.3) is 0 Å². The number of para-hydroxylation sites is 1. The van der Waals surface area contributed by atoms with Gasteiger partial charge in [-0.3, -0.25) is 0 Å². The highest BCUT2D eigenvalue weighted by atomic mass is 35.5. The second-order valence-corrected chi connectivity index (χ2v) is 6.08. The summed E-state index contributed by atoms with van der Waals surface area (Å²) in [5.41, 5.74) is 0.116. The van der Waals surface area contributed by atoms with Crippen LogP contribution in [-0.4, -0.2) is 21.7 Å². The Morgan fingerprint density at radius 3 is 2.63 bits per heavy atom. The zero-order valence-electron chi connectivity index (χ0n) is 14.0. The Labute approximate surface area is 158 Å². The molecule has 0 aliphatic rings. The van der Waals surface area contributed by atoms with Crippen LogP contribution >= 0.6 is 11.6 Å². The number of alkyl halides is 3. The van der Waals surface area contributed by atoms with Crippen LogP contribution in [0.3, 0.4) is 0 Å². The summed E-state index contributed by atoms with van der Waals surface area (Å²) in [5.74, 6) is 0.374. The quantitative estimate of drug-likeness (QED) is 0.621. The molecule has 0 aliphatic heterocycles. The van der Waals surface area contributed by atoms with E-state index in [0.717, 1.165) is 11.6 Å². The number of anilines is 3. The van der Waals surface area contributed by atoms with E-state index >= 15 is 0 Å². The monoisotopic (exact) mass is 393 g/mol. The Kier molecular flexibility index (Phi) is 5.75. The molecule has 0 bridgehead atoms. The Morgan fingerprint density at radius 2 is 1.85 bits per heavy atom. The maximum atomic E-state index is 13.1. The summed E-state index contributed by atoms with van der Waals surface area (Å²) in [7, 11) is 0. The fraction of sp³-hybridized carbons (Fsp3) is 0.167. The third-order valence-corrected chi connectivity index (χ3v) is 3.88. The van der Waals surface area contributed by atoms with E-state index in [4.69, 9.17) is 11.6 Å². The largest absolute Gasteiger partial charge is 0.418 e. The minimum absolute atomic E-state index is 0.0283. The molecule has 0 amide bonds. The van der Waals surface area contributed by atoms with Crippen molar-refractivity contribution in [1.29, 1.82) is 0 Å². The highest BCUT2D eigenvalue weighted by molar-refractivity contribution is 6.30. The summed E-state index contributed by atoms with van der Waals surface area (Å²) < 4.78 is 39.2. The molecule has 9 heteroatoms. The first kappa shape index (κ1) is 18.9. The molecule has 0 atom stereocenters. The Bertz CT molecular complexity index is 917. The molecular weight excluding hydrogens is 379 g/mol. The van der Waals surface area contributed by atoms with Crippen LogP contribution in [0, 0.1) is 0 Å². The van der Waals surface area contributed by atoms with Crippen LogP contribution in [0.5, 0.6) is 0 Å². The molecule has 0 unspecified atom stereocenters. The first-order valence-electron chi connectivity index (χ1n) is 8.03. The number of hydrogen-bond donors (Lipinski definition) is 2. The maximum Gasteiger partial charge on any atom is 0.418 e.